The number of hydrogen-bond acceptors (Lipinski definition) is 7. The molecule has 9 heteroatoms. The summed E-state index contributed by atoms with van der Waals surface area (Å²) in [5, 5.41) is 10.3. The van der Waals surface area contributed by atoms with Gasteiger partial charge in [-0.05, 0) is 32.4 Å². The zero-order chi connectivity index (χ0) is 20.1. The molecule has 5 rings (SSSR count). The molecule has 5 aromatic rings. The van der Waals surface area contributed by atoms with Gasteiger partial charge in [0.2, 0.25) is 0 Å². The molecule has 0 spiro atoms. The third-order valence-electron chi connectivity index (χ3n) is 4.95. The summed E-state index contributed by atoms with van der Waals surface area (Å²) < 4.78 is 5.87. The fraction of sp³-hybridized carbons (Fsp3) is 0.200. The summed E-state index contributed by atoms with van der Waals surface area (Å²) in [5.74, 6) is 1.05. The van der Waals surface area contributed by atoms with E-state index in [4.69, 9.17) is 4.42 Å². The van der Waals surface area contributed by atoms with Crippen LogP contribution in [-0.2, 0) is 0 Å². The van der Waals surface area contributed by atoms with Crippen molar-refractivity contribution in [3.05, 3.63) is 57.1 Å². The molecule has 146 valence electrons. The first-order valence-corrected chi connectivity index (χ1v) is 10.8. The van der Waals surface area contributed by atoms with Crippen molar-refractivity contribution in [3.8, 4) is 11.5 Å². The van der Waals surface area contributed by atoms with Gasteiger partial charge >= 0.3 is 0 Å². The molecule has 29 heavy (non-hydrogen) atoms. The molecule has 0 radical (unpaired) electrons. The van der Waals surface area contributed by atoms with Gasteiger partial charge in [-0.3, -0.25) is 4.79 Å². The smallest absolute Gasteiger partial charge is 0.277 e. The van der Waals surface area contributed by atoms with Gasteiger partial charge in [0.1, 0.15) is 10.7 Å². The minimum atomic E-state index is -0.147. The number of nitrogens with zero attached hydrogens (tertiary/aromatic N) is 3. The maximum atomic E-state index is 12.5. The Labute approximate surface area is 173 Å². The fourth-order valence-corrected chi connectivity index (χ4v) is 5.06. The van der Waals surface area contributed by atoms with Crippen molar-refractivity contribution in [2.24, 2.45) is 0 Å². The Hall–Kier alpha value is -2.91. The van der Waals surface area contributed by atoms with E-state index >= 15 is 0 Å². The molecule has 0 saturated heterocycles. The van der Waals surface area contributed by atoms with E-state index in [1.165, 1.54) is 23.1 Å². The molecule has 0 amide bonds. The number of thiophene rings is 1. The molecular weight excluding hydrogens is 406 g/mol. The van der Waals surface area contributed by atoms with Gasteiger partial charge in [0.15, 0.2) is 0 Å². The van der Waals surface area contributed by atoms with Gasteiger partial charge in [-0.25, -0.2) is 4.98 Å². The number of hydrogen-bond donors (Lipinski definition) is 2. The van der Waals surface area contributed by atoms with Crippen molar-refractivity contribution in [2.75, 3.05) is 0 Å². The van der Waals surface area contributed by atoms with Crippen molar-refractivity contribution in [3.63, 3.8) is 0 Å². The van der Waals surface area contributed by atoms with Crippen molar-refractivity contribution in [1.29, 1.82) is 0 Å². The van der Waals surface area contributed by atoms with E-state index in [0.29, 0.717) is 22.3 Å². The first-order chi connectivity index (χ1) is 14.0. The molecule has 1 unspecified atom stereocenters. The molecule has 2 N–H and O–H groups in total. The van der Waals surface area contributed by atoms with E-state index < -0.39 is 0 Å². The maximum absolute atomic E-state index is 12.5. The molecule has 7 nitrogen and oxygen atoms in total. The number of rotatable bonds is 4. The average Bonchev–Trinajstić information content (AvgIpc) is 3.40. The molecule has 4 heterocycles. The van der Waals surface area contributed by atoms with Gasteiger partial charge in [0.25, 0.3) is 16.7 Å². The molecule has 4 aromatic heterocycles. The standard InChI is InChI=1S/C20H17N5O2S2/c1-9-10(2)28-19-15(9)17(26)22-16(23-19)11(3)29-20-25-24-18(27-20)13-8-21-14-7-5-4-6-12(13)14/h4-8,11,21H,1-3H3,(H,22,23,26). The lowest BCUT2D eigenvalue weighted by Gasteiger charge is -2.07. The van der Waals surface area contributed by atoms with Gasteiger partial charge in [0.05, 0.1) is 16.2 Å². The average molecular weight is 424 g/mol. The van der Waals surface area contributed by atoms with Crippen molar-refractivity contribution in [1.82, 2.24) is 25.1 Å². The summed E-state index contributed by atoms with van der Waals surface area (Å²) in [6, 6.07) is 7.95. The Morgan fingerprint density at radius 1 is 1.21 bits per heavy atom. The molecular formula is C20H17N5O2S2. The second-order valence-corrected chi connectivity index (χ2v) is 9.29. The lowest BCUT2D eigenvalue weighted by Crippen LogP contribution is -2.12. The molecule has 0 aliphatic heterocycles. The zero-order valence-corrected chi connectivity index (χ0v) is 17.6. The third kappa shape index (κ3) is 3.06. The van der Waals surface area contributed by atoms with Crippen molar-refractivity contribution >= 4 is 44.2 Å². The predicted octanol–water partition coefficient (Wildman–Crippen LogP) is 4.99. The van der Waals surface area contributed by atoms with E-state index in [2.05, 4.69) is 25.1 Å². The minimum Gasteiger partial charge on any atom is -0.411 e. The number of aryl methyl sites for hydroxylation is 2. The van der Waals surface area contributed by atoms with Crippen LogP contribution >= 0.6 is 23.1 Å². The van der Waals surface area contributed by atoms with Gasteiger partial charge in [0, 0.05) is 22.0 Å². The highest BCUT2D eigenvalue weighted by Gasteiger charge is 2.19. The monoisotopic (exact) mass is 423 g/mol. The van der Waals surface area contributed by atoms with Crippen LogP contribution in [0.2, 0.25) is 0 Å². The molecule has 1 atom stereocenters. The maximum Gasteiger partial charge on any atom is 0.277 e. The lowest BCUT2D eigenvalue weighted by atomic mass is 10.2. The van der Waals surface area contributed by atoms with Crippen LogP contribution in [0.1, 0.15) is 28.4 Å². The Kier molecular flexibility index (Phi) is 4.29. The molecule has 1 aromatic carbocycles. The lowest BCUT2D eigenvalue weighted by molar-refractivity contribution is 0.465. The van der Waals surface area contributed by atoms with Gasteiger partial charge in [-0.15, -0.1) is 21.5 Å². The van der Waals surface area contributed by atoms with Crippen LogP contribution in [0, 0.1) is 13.8 Å². The van der Waals surface area contributed by atoms with Crippen LogP contribution in [0.25, 0.3) is 32.6 Å². The van der Waals surface area contributed by atoms with Crippen LogP contribution in [0.5, 0.6) is 0 Å². The Bertz CT molecular complexity index is 1410. The number of nitrogens with one attached hydrogen (secondary N) is 2. The summed E-state index contributed by atoms with van der Waals surface area (Å²) in [4.78, 5) is 25.2. The summed E-state index contributed by atoms with van der Waals surface area (Å²) in [6.45, 7) is 5.91. The first kappa shape index (κ1) is 18.1. The molecule has 0 aliphatic rings. The Balaban J connectivity index is 1.44. The molecule has 0 saturated carbocycles. The first-order valence-electron chi connectivity index (χ1n) is 9.08. The van der Waals surface area contributed by atoms with Gasteiger partial charge < -0.3 is 14.4 Å². The molecule has 0 aliphatic carbocycles. The Morgan fingerprint density at radius 2 is 2.03 bits per heavy atom. The van der Waals surface area contributed by atoms with Crippen LogP contribution in [0.3, 0.4) is 0 Å². The van der Waals surface area contributed by atoms with E-state index in [9.17, 15) is 4.79 Å². The van der Waals surface area contributed by atoms with Crippen LogP contribution in [0.15, 0.2) is 44.9 Å². The molecule has 0 bridgehead atoms. The van der Waals surface area contributed by atoms with E-state index in [1.807, 2.05) is 51.2 Å². The van der Waals surface area contributed by atoms with E-state index in [1.54, 1.807) is 0 Å². The van der Waals surface area contributed by atoms with Crippen LogP contribution in [-0.4, -0.2) is 25.1 Å². The number of fused-ring (bicyclic) bond motifs is 2. The summed E-state index contributed by atoms with van der Waals surface area (Å²) in [6.07, 6.45) is 1.87. The number of aromatic nitrogens is 5. The van der Waals surface area contributed by atoms with E-state index in [-0.39, 0.29) is 10.8 Å². The Morgan fingerprint density at radius 3 is 2.90 bits per heavy atom. The SMILES string of the molecule is Cc1sc2nc(C(C)Sc3nnc(-c4c[nH]c5ccccc45)o3)[nH]c(=O)c2c1C. The summed E-state index contributed by atoms with van der Waals surface area (Å²) in [7, 11) is 0. The third-order valence-corrected chi connectivity index (χ3v) is 6.99. The number of thioether (sulfide) groups is 1. The molecule has 0 fully saturated rings. The highest BCUT2D eigenvalue weighted by Crippen LogP contribution is 2.36. The number of benzene rings is 1. The van der Waals surface area contributed by atoms with E-state index in [0.717, 1.165) is 31.7 Å². The normalized spacial score (nSPS) is 12.8. The number of aromatic amines is 2. The summed E-state index contributed by atoms with van der Waals surface area (Å²) >= 11 is 2.91. The predicted molar refractivity (Wildman–Crippen MR) is 116 cm³/mol. The van der Waals surface area contributed by atoms with Gasteiger partial charge in [-0.2, -0.15) is 0 Å². The van der Waals surface area contributed by atoms with Crippen molar-refractivity contribution < 1.29 is 4.42 Å². The van der Waals surface area contributed by atoms with Gasteiger partial charge in [-0.1, -0.05) is 30.0 Å². The van der Waals surface area contributed by atoms with Crippen molar-refractivity contribution in [2.45, 2.75) is 31.2 Å². The summed E-state index contributed by atoms with van der Waals surface area (Å²) in [5.41, 5.74) is 2.76. The highest BCUT2D eigenvalue weighted by molar-refractivity contribution is 7.99. The topological polar surface area (TPSA) is 100 Å². The van der Waals surface area contributed by atoms with Crippen LogP contribution < -0.4 is 5.56 Å². The minimum absolute atomic E-state index is 0.107. The second kappa shape index (κ2) is 6.85. The second-order valence-electron chi connectivity index (χ2n) is 6.80. The van der Waals surface area contributed by atoms with Crippen LogP contribution in [0.4, 0.5) is 0 Å². The highest BCUT2D eigenvalue weighted by atomic mass is 32.2. The largest absolute Gasteiger partial charge is 0.411 e. The fourth-order valence-electron chi connectivity index (χ4n) is 3.29. The zero-order valence-electron chi connectivity index (χ0n) is 15.9. The number of para-hydroxylation sites is 1. The quantitative estimate of drug-likeness (QED) is 0.395. The number of H-pyrrole nitrogens is 2.